The molecule has 1 fully saturated rings. The van der Waals surface area contributed by atoms with Crippen LogP contribution in [0.3, 0.4) is 0 Å². The van der Waals surface area contributed by atoms with Crippen molar-refractivity contribution in [1.82, 2.24) is 10.2 Å². The van der Waals surface area contributed by atoms with E-state index in [0.29, 0.717) is 12.1 Å². The number of furan rings is 1. The van der Waals surface area contributed by atoms with E-state index in [0.717, 1.165) is 55.6 Å². The summed E-state index contributed by atoms with van der Waals surface area (Å²) in [5.41, 5.74) is -2.06. The Morgan fingerprint density at radius 2 is 1.61 bits per heavy atom. The number of nitrogens with one attached hydrogen (secondary N) is 1. The Balaban J connectivity index is 0.000000443. The van der Waals surface area contributed by atoms with Crippen LogP contribution in [0.4, 0.5) is 23.2 Å². The third-order valence-electron chi connectivity index (χ3n) is 6.63. The second kappa shape index (κ2) is 14.0. The largest absolute Gasteiger partial charge is 0.449 e. The molecule has 2 aromatic carbocycles. The maximum absolute atomic E-state index is 14.8. The van der Waals surface area contributed by atoms with E-state index in [1.165, 1.54) is 26.1 Å². The van der Waals surface area contributed by atoms with Crippen molar-refractivity contribution in [2.24, 2.45) is 5.10 Å². The highest BCUT2D eigenvalue weighted by atomic mass is 35.5. The van der Waals surface area contributed by atoms with Crippen LogP contribution in [0, 0.1) is 23.3 Å². The minimum absolute atomic E-state index is 0.00426. The minimum Gasteiger partial charge on any atom is -0.449 e. The summed E-state index contributed by atoms with van der Waals surface area (Å²) in [6.07, 6.45) is 0. The predicted octanol–water partition coefficient (Wildman–Crippen LogP) is 5.98. The molecule has 2 aliphatic heterocycles. The molecule has 5 rings (SSSR count). The van der Waals surface area contributed by atoms with Gasteiger partial charge in [0, 0.05) is 37.8 Å². The van der Waals surface area contributed by atoms with E-state index in [1.54, 1.807) is 0 Å². The molecule has 41 heavy (non-hydrogen) atoms. The van der Waals surface area contributed by atoms with Crippen molar-refractivity contribution in [2.45, 2.75) is 32.2 Å². The van der Waals surface area contributed by atoms with Crippen LogP contribution in [0.5, 0.6) is 0 Å². The normalized spacial score (nSPS) is 20.4. The topological polar surface area (TPSA) is 70.3 Å². The van der Waals surface area contributed by atoms with Gasteiger partial charge in [0.1, 0.15) is 23.2 Å². The number of carbonyl (C=O) groups excluding carboxylic acids is 1. The molecule has 0 aliphatic carbocycles. The number of likely N-dealkylation sites (N-methyl/N-ethyl adjacent to an activating group) is 2. The predicted molar refractivity (Wildman–Crippen MR) is 150 cm³/mol. The van der Waals surface area contributed by atoms with Crippen molar-refractivity contribution in [2.75, 3.05) is 45.4 Å². The SMILES string of the molecule is CC.CN1CCOCC1.CNC(=O)C1(C)C(c2ccc(Cl)o2)C(c2ccc(F)cc2F)=NN1c1ccc(F)cc1F. The molecule has 222 valence electrons. The number of hydrazone groups is 1. The van der Waals surface area contributed by atoms with Crippen LogP contribution in [0.2, 0.25) is 5.22 Å². The van der Waals surface area contributed by atoms with Crippen molar-refractivity contribution < 1.29 is 31.5 Å². The highest BCUT2D eigenvalue weighted by Crippen LogP contribution is 2.46. The summed E-state index contributed by atoms with van der Waals surface area (Å²) < 4.78 is 67.3. The Morgan fingerprint density at radius 1 is 1.00 bits per heavy atom. The molecule has 0 bridgehead atoms. The van der Waals surface area contributed by atoms with Crippen LogP contribution in [0.15, 0.2) is 58.0 Å². The quantitative estimate of drug-likeness (QED) is 0.376. The number of hydrogen-bond acceptors (Lipinski definition) is 6. The Kier molecular flexibility index (Phi) is 10.9. The summed E-state index contributed by atoms with van der Waals surface area (Å²) >= 11 is 5.94. The molecule has 1 amide bonds. The van der Waals surface area contributed by atoms with E-state index in [-0.39, 0.29) is 27.9 Å². The zero-order valence-corrected chi connectivity index (χ0v) is 24.2. The van der Waals surface area contributed by atoms with Crippen LogP contribution in [0.25, 0.3) is 0 Å². The zero-order chi connectivity index (χ0) is 30.3. The maximum atomic E-state index is 14.8. The number of anilines is 1. The summed E-state index contributed by atoms with van der Waals surface area (Å²) in [6, 6.07) is 8.55. The van der Waals surface area contributed by atoms with Gasteiger partial charge in [-0.3, -0.25) is 4.79 Å². The van der Waals surface area contributed by atoms with Gasteiger partial charge in [-0.25, -0.2) is 22.6 Å². The van der Waals surface area contributed by atoms with E-state index < -0.39 is 40.6 Å². The number of nitrogens with zero attached hydrogens (tertiary/aromatic N) is 3. The van der Waals surface area contributed by atoms with Gasteiger partial charge in [0.25, 0.3) is 0 Å². The number of benzene rings is 2. The van der Waals surface area contributed by atoms with Gasteiger partial charge in [0.05, 0.1) is 30.5 Å². The molecule has 1 N–H and O–H groups in total. The van der Waals surface area contributed by atoms with Gasteiger partial charge in [0.2, 0.25) is 5.91 Å². The Hall–Kier alpha value is -3.41. The molecule has 1 saturated heterocycles. The van der Waals surface area contributed by atoms with Crippen LogP contribution >= 0.6 is 11.6 Å². The van der Waals surface area contributed by atoms with Gasteiger partial charge in [-0.1, -0.05) is 13.8 Å². The van der Waals surface area contributed by atoms with Crippen molar-refractivity contribution >= 4 is 28.9 Å². The number of morpholine rings is 1. The monoisotopic (exact) mass is 596 g/mol. The Bertz CT molecular complexity index is 1380. The first-order valence-corrected chi connectivity index (χ1v) is 13.5. The molecule has 3 aromatic rings. The van der Waals surface area contributed by atoms with Crippen molar-refractivity contribution in [3.05, 3.63) is 88.3 Å². The van der Waals surface area contributed by atoms with Gasteiger partial charge in [-0.15, -0.1) is 0 Å². The molecule has 12 heteroatoms. The molecule has 7 nitrogen and oxygen atoms in total. The highest BCUT2D eigenvalue weighted by Gasteiger charge is 2.56. The maximum Gasteiger partial charge on any atom is 0.248 e. The first-order valence-electron chi connectivity index (χ1n) is 13.1. The fourth-order valence-electron chi connectivity index (χ4n) is 4.55. The third kappa shape index (κ3) is 6.91. The number of carbonyl (C=O) groups is 1. The van der Waals surface area contributed by atoms with Crippen LogP contribution < -0.4 is 10.3 Å². The average molecular weight is 597 g/mol. The summed E-state index contributed by atoms with van der Waals surface area (Å²) in [5.74, 6) is -5.10. The van der Waals surface area contributed by atoms with Gasteiger partial charge in [-0.2, -0.15) is 5.10 Å². The standard InChI is InChI=1S/C22H16ClF4N3O2.C5H11NO.C2H6/c1-22(21(31)28-2)19(17-7-8-18(23)32-17)20(13-5-3-11(24)9-14(13)26)29-30(22)16-6-4-12(25)10-15(16)27;1-6-2-4-7-5-3-6;1-2/h3-10,19H,1-2H3,(H,28,31);2-5H2,1H3;1-2H3. The lowest BCUT2D eigenvalue weighted by Crippen LogP contribution is -2.56. The van der Waals surface area contributed by atoms with Crippen LogP contribution in [-0.2, 0) is 9.53 Å². The number of ether oxygens (including phenoxy) is 1. The van der Waals surface area contributed by atoms with E-state index in [9.17, 15) is 22.4 Å². The lowest BCUT2D eigenvalue weighted by molar-refractivity contribution is -0.125. The first-order chi connectivity index (χ1) is 19.6. The molecule has 3 heterocycles. The second-order valence-corrected chi connectivity index (χ2v) is 9.61. The molecular formula is C29H33ClF4N4O3. The first kappa shape index (κ1) is 32.1. The van der Waals surface area contributed by atoms with Crippen LogP contribution in [-0.4, -0.2) is 62.5 Å². The molecule has 0 radical (unpaired) electrons. The fourth-order valence-corrected chi connectivity index (χ4v) is 4.70. The minimum atomic E-state index is -1.69. The van der Waals surface area contributed by atoms with Crippen molar-refractivity contribution in [1.29, 1.82) is 0 Å². The summed E-state index contributed by atoms with van der Waals surface area (Å²) in [7, 11) is 3.48. The summed E-state index contributed by atoms with van der Waals surface area (Å²) in [5, 5.41) is 7.91. The van der Waals surface area contributed by atoms with Gasteiger partial charge >= 0.3 is 0 Å². The number of hydrogen-bond donors (Lipinski definition) is 1. The smallest absolute Gasteiger partial charge is 0.248 e. The van der Waals surface area contributed by atoms with Gasteiger partial charge < -0.3 is 19.4 Å². The van der Waals surface area contributed by atoms with Gasteiger partial charge in [0.15, 0.2) is 16.6 Å². The zero-order valence-electron chi connectivity index (χ0n) is 23.5. The lowest BCUT2D eigenvalue weighted by atomic mass is 9.78. The third-order valence-corrected chi connectivity index (χ3v) is 6.83. The molecule has 2 unspecified atom stereocenters. The van der Waals surface area contributed by atoms with Gasteiger partial charge in [-0.05, 0) is 62.0 Å². The van der Waals surface area contributed by atoms with Crippen LogP contribution in [0.1, 0.15) is 38.0 Å². The van der Waals surface area contributed by atoms with E-state index in [1.807, 2.05) is 13.8 Å². The molecule has 0 spiro atoms. The number of amides is 1. The Labute approximate surface area is 241 Å². The van der Waals surface area contributed by atoms with E-state index >= 15 is 0 Å². The molecule has 2 atom stereocenters. The van der Waals surface area contributed by atoms with E-state index in [4.69, 9.17) is 20.8 Å². The molecule has 1 aromatic heterocycles. The highest BCUT2D eigenvalue weighted by molar-refractivity contribution is 6.28. The lowest BCUT2D eigenvalue weighted by Gasteiger charge is -2.36. The molecule has 0 saturated carbocycles. The Morgan fingerprint density at radius 3 is 2.10 bits per heavy atom. The van der Waals surface area contributed by atoms with Crippen molar-refractivity contribution in [3.63, 3.8) is 0 Å². The van der Waals surface area contributed by atoms with E-state index in [2.05, 4.69) is 22.4 Å². The summed E-state index contributed by atoms with van der Waals surface area (Å²) in [6.45, 7) is 9.47. The second-order valence-electron chi connectivity index (χ2n) is 9.23. The summed E-state index contributed by atoms with van der Waals surface area (Å²) in [4.78, 5) is 15.4. The average Bonchev–Trinajstić information content (AvgIpc) is 3.51. The number of rotatable bonds is 4. The molecule has 2 aliphatic rings. The molecular weight excluding hydrogens is 564 g/mol. The number of halogens is 5. The van der Waals surface area contributed by atoms with Crippen molar-refractivity contribution in [3.8, 4) is 0 Å². The fraction of sp³-hybridized carbons (Fsp3) is 0.379.